The lowest BCUT2D eigenvalue weighted by molar-refractivity contribution is -0.148. The molecule has 2 aliphatic carbocycles. The Morgan fingerprint density at radius 1 is 1.08 bits per heavy atom. The van der Waals surface area contributed by atoms with Gasteiger partial charge >= 0.3 is 5.97 Å². The molecule has 2 fully saturated rings. The average molecular weight is 740 g/mol. The zero-order chi connectivity index (χ0) is 35.9. The molecular weight excluding hydrogens is 694 g/mol. The van der Waals surface area contributed by atoms with Crippen LogP contribution in [0.1, 0.15) is 72.9 Å². The molecule has 0 radical (unpaired) electrons. The molecule has 2 amide bonds. The SMILES string of the molecule is COC(=O)C1CCN(C(=O)[C@@H]2CC/C=C/[C@H](O)[C@@H]3CC[C@H]3CN3C[C@@]4(CCCc5cc(Cl)ccc54)COc4ccc(cc43)C(=O)NS2(=O)=O)CC1. The number of fused-ring (bicyclic) bond motifs is 4. The van der Waals surface area contributed by atoms with E-state index in [2.05, 4.69) is 15.7 Å². The lowest BCUT2D eigenvalue weighted by atomic mass is 9.68. The molecular formula is C38H46ClN3O8S. The summed E-state index contributed by atoms with van der Waals surface area (Å²) in [6, 6.07) is 11.0. The second-order valence-electron chi connectivity index (χ2n) is 14.9. The van der Waals surface area contributed by atoms with E-state index in [0.717, 1.165) is 32.1 Å². The third-order valence-corrected chi connectivity index (χ3v) is 13.7. The molecule has 274 valence electrons. The van der Waals surface area contributed by atoms with Crippen molar-refractivity contribution < 1.29 is 37.4 Å². The number of hydrogen-bond donors (Lipinski definition) is 2. The fraction of sp³-hybridized carbons (Fsp3) is 0.553. The minimum Gasteiger partial charge on any atom is -0.490 e. The number of methoxy groups -OCH3 is 1. The summed E-state index contributed by atoms with van der Waals surface area (Å²) in [5.41, 5.74) is 2.92. The number of allylic oxidation sites excluding steroid dienone is 1. The van der Waals surface area contributed by atoms with Gasteiger partial charge in [0, 0.05) is 42.2 Å². The van der Waals surface area contributed by atoms with Gasteiger partial charge in [-0.2, -0.15) is 0 Å². The molecule has 1 spiro atoms. The number of aliphatic hydroxyl groups is 1. The summed E-state index contributed by atoms with van der Waals surface area (Å²) in [6.07, 6.45) is 8.23. The van der Waals surface area contributed by atoms with Crippen LogP contribution in [-0.4, -0.2) is 87.5 Å². The Morgan fingerprint density at radius 3 is 2.63 bits per heavy atom. The Kier molecular flexibility index (Phi) is 10.1. The molecule has 5 aliphatic rings. The number of carbonyl (C=O) groups is 3. The second-order valence-corrected chi connectivity index (χ2v) is 17.2. The highest BCUT2D eigenvalue weighted by molar-refractivity contribution is 7.91. The van der Waals surface area contributed by atoms with Crippen molar-refractivity contribution in [3.05, 3.63) is 70.3 Å². The molecule has 3 heterocycles. The highest BCUT2D eigenvalue weighted by Crippen LogP contribution is 2.47. The lowest BCUT2D eigenvalue weighted by Crippen LogP contribution is -2.51. The number of hydrogen-bond acceptors (Lipinski definition) is 9. The minimum absolute atomic E-state index is 0.0129. The number of nitrogens with zero attached hydrogens (tertiary/aromatic N) is 2. The van der Waals surface area contributed by atoms with Crippen LogP contribution in [0.3, 0.4) is 0 Å². The molecule has 5 atom stereocenters. The number of amides is 2. The predicted octanol–water partition coefficient (Wildman–Crippen LogP) is 4.39. The van der Waals surface area contributed by atoms with E-state index in [1.807, 2.05) is 12.1 Å². The Bertz CT molecular complexity index is 1830. The zero-order valence-corrected chi connectivity index (χ0v) is 30.5. The van der Waals surface area contributed by atoms with Crippen LogP contribution in [0.25, 0.3) is 0 Å². The number of piperidine rings is 1. The van der Waals surface area contributed by atoms with Gasteiger partial charge in [-0.25, -0.2) is 13.1 Å². The molecule has 7 rings (SSSR count). The van der Waals surface area contributed by atoms with E-state index in [0.29, 0.717) is 49.0 Å². The number of aryl methyl sites for hydroxylation is 1. The molecule has 2 N–H and O–H groups in total. The van der Waals surface area contributed by atoms with Gasteiger partial charge in [0.25, 0.3) is 5.91 Å². The van der Waals surface area contributed by atoms with Crippen molar-refractivity contribution in [2.75, 3.05) is 44.8 Å². The van der Waals surface area contributed by atoms with Gasteiger partial charge in [0.2, 0.25) is 15.9 Å². The van der Waals surface area contributed by atoms with Crippen LogP contribution in [0.15, 0.2) is 48.6 Å². The summed E-state index contributed by atoms with van der Waals surface area (Å²) in [6.45, 7) is 2.11. The molecule has 1 saturated carbocycles. The van der Waals surface area contributed by atoms with Gasteiger partial charge < -0.3 is 24.4 Å². The molecule has 2 aromatic rings. The van der Waals surface area contributed by atoms with Gasteiger partial charge in [0.1, 0.15) is 5.75 Å². The van der Waals surface area contributed by atoms with Crippen LogP contribution in [0.2, 0.25) is 5.02 Å². The summed E-state index contributed by atoms with van der Waals surface area (Å²) in [5, 5.41) is 10.5. The number of aliphatic hydroxyl groups excluding tert-OH is 1. The van der Waals surface area contributed by atoms with Gasteiger partial charge in [0.05, 0.1) is 31.4 Å². The number of rotatable bonds is 2. The number of ether oxygens (including phenoxy) is 2. The number of carbonyl (C=O) groups excluding carboxylic acids is 3. The highest BCUT2D eigenvalue weighted by atomic mass is 35.5. The van der Waals surface area contributed by atoms with Crippen molar-refractivity contribution in [2.45, 2.75) is 74.6 Å². The normalized spacial score (nSPS) is 30.1. The predicted molar refractivity (Wildman–Crippen MR) is 192 cm³/mol. The molecule has 2 bridgehead atoms. The minimum atomic E-state index is -4.49. The van der Waals surface area contributed by atoms with Crippen LogP contribution in [0.5, 0.6) is 5.75 Å². The maximum Gasteiger partial charge on any atom is 0.308 e. The van der Waals surface area contributed by atoms with Gasteiger partial charge in [-0.1, -0.05) is 29.8 Å². The smallest absolute Gasteiger partial charge is 0.308 e. The number of sulfonamides is 1. The van der Waals surface area contributed by atoms with Gasteiger partial charge in [-0.05, 0) is 111 Å². The Labute approximate surface area is 304 Å². The van der Waals surface area contributed by atoms with Crippen molar-refractivity contribution in [3.63, 3.8) is 0 Å². The topological polar surface area (TPSA) is 143 Å². The first-order chi connectivity index (χ1) is 24.5. The molecule has 11 nitrogen and oxygen atoms in total. The largest absolute Gasteiger partial charge is 0.490 e. The second kappa shape index (κ2) is 14.4. The maximum atomic E-state index is 13.9. The van der Waals surface area contributed by atoms with Crippen molar-refractivity contribution in [3.8, 4) is 5.75 Å². The van der Waals surface area contributed by atoms with Crippen molar-refractivity contribution in [1.82, 2.24) is 9.62 Å². The summed E-state index contributed by atoms with van der Waals surface area (Å²) < 4.78 is 41.4. The van der Waals surface area contributed by atoms with Crippen molar-refractivity contribution >= 4 is 45.1 Å². The monoisotopic (exact) mass is 739 g/mol. The van der Waals surface area contributed by atoms with Gasteiger partial charge in [0.15, 0.2) is 5.25 Å². The Balaban J connectivity index is 1.21. The average Bonchev–Trinajstić information content (AvgIpc) is 3.25. The van der Waals surface area contributed by atoms with Crippen LogP contribution in [0, 0.1) is 17.8 Å². The van der Waals surface area contributed by atoms with Crippen LogP contribution < -0.4 is 14.4 Å². The third kappa shape index (κ3) is 7.11. The first kappa shape index (κ1) is 35.8. The Morgan fingerprint density at radius 2 is 1.88 bits per heavy atom. The highest BCUT2D eigenvalue weighted by Gasteiger charge is 2.45. The molecule has 13 heteroatoms. The molecule has 2 aromatic carbocycles. The molecule has 51 heavy (non-hydrogen) atoms. The summed E-state index contributed by atoms with van der Waals surface area (Å²) >= 11 is 6.41. The Hall–Kier alpha value is -3.61. The zero-order valence-electron chi connectivity index (χ0n) is 28.9. The molecule has 3 aliphatic heterocycles. The number of nitrogens with one attached hydrogen (secondary N) is 1. The number of esters is 1. The number of likely N-dealkylation sites (tertiary alicyclic amines) is 1. The first-order valence-electron chi connectivity index (χ1n) is 18.1. The summed E-state index contributed by atoms with van der Waals surface area (Å²) in [5.74, 6) is -1.34. The molecule has 1 saturated heterocycles. The lowest BCUT2D eigenvalue weighted by Gasteiger charge is -2.45. The van der Waals surface area contributed by atoms with Gasteiger partial charge in [-0.3, -0.25) is 14.4 Å². The first-order valence-corrected chi connectivity index (χ1v) is 20.0. The third-order valence-electron chi connectivity index (χ3n) is 11.8. The van der Waals surface area contributed by atoms with E-state index in [1.54, 1.807) is 30.4 Å². The van der Waals surface area contributed by atoms with E-state index in [-0.39, 0.29) is 60.6 Å². The van der Waals surface area contributed by atoms with Crippen molar-refractivity contribution in [1.29, 1.82) is 0 Å². The number of benzene rings is 2. The standard InChI is InChI=1S/C38H46ClN3O8S/c1-49-37(46)24-14-17-41(18-15-24)36(45)34-7-3-2-6-32(43)29-11-8-27(29)21-42-22-38(16-4-5-25-19-28(39)10-12-30(25)38)23-50-33-13-9-26(20-31(33)42)35(44)40-51(34,47)48/h2,6,9-10,12-13,19-20,24,27,29,32,34,43H,3-5,7-8,11,14-18,21-23H2,1H3,(H,40,44)/b6-2+/t27-,29+,32-,34-,38-/m0/s1. The van der Waals surface area contributed by atoms with Crippen LogP contribution in [0.4, 0.5) is 5.69 Å². The van der Waals surface area contributed by atoms with E-state index in [1.165, 1.54) is 23.1 Å². The molecule has 0 aromatic heterocycles. The van der Waals surface area contributed by atoms with Crippen LogP contribution in [-0.2, 0) is 36.2 Å². The van der Waals surface area contributed by atoms with Gasteiger partial charge in [-0.15, -0.1) is 0 Å². The van der Waals surface area contributed by atoms with E-state index in [4.69, 9.17) is 21.1 Å². The van der Waals surface area contributed by atoms with E-state index < -0.39 is 33.2 Å². The molecule has 0 unspecified atom stereocenters. The number of anilines is 1. The van der Waals surface area contributed by atoms with E-state index in [9.17, 15) is 27.9 Å². The quantitative estimate of drug-likeness (QED) is 0.339. The van der Waals surface area contributed by atoms with Crippen LogP contribution >= 0.6 is 11.6 Å². The number of halogens is 1. The van der Waals surface area contributed by atoms with Crippen molar-refractivity contribution in [2.24, 2.45) is 17.8 Å². The fourth-order valence-corrected chi connectivity index (χ4v) is 10.4. The summed E-state index contributed by atoms with van der Waals surface area (Å²) in [7, 11) is -3.17. The fourth-order valence-electron chi connectivity index (χ4n) is 8.81. The summed E-state index contributed by atoms with van der Waals surface area (Å²) in [4.78, 5) is 43.3. The van der Waals surface area contributed by atoms with E-state index >= 15 is 0 Å². The maximum absolute atomic E-state index is 13.9.